The summed E-state index contributed by atoms with van der Waals surface area (Å²) in [6.07, 6.45) is 0.225. The van der Waals surface area contributed by atoms with Gasteiger partial charge >= 0.3 is 0 Å². The molecular formula is C16H13N3O6. The fourth-order valence-corrected chi connectivity index (χ4v) is 2.15. The van der Waals surface area contributed by atoms with Crippen LogP contribution in [-0.4, -0.2) is 34.9 Å². The Morgan fingerprint density at radius 2 is 2.08 bits per heavy atom. The lowest BCUT2D eigenvalue weighted by atomic mass is 10.2. The molecule has 9 nitrogen and oxygen atoms in total. The fourth-order valence-electron chi connectivity index (χ4n) is 2.15. The molecule has 3 rings (SSSR count). The minimum atomic E-state index is -0.884. The number of nitro groups is 1. The summed E-state index contributed by atoms with van der Waals surface area (Å²) in [7, 11) is 0. The summed E-state index contributed by atoms with van der Waals surface area (Å²) < 4.78 is 11.0. The lowest BCUT2D eigenvalue weighted by molar-refractivity contribution is -0.384. The number of benzene rings is 2. The van der Waals surface area contributed by atoms with Gasteiger partial charge in [-0.15, -0.1) is 0 Å². The van der Waals surface area contributed by atoms with E-state index in [1.54, 1.807) is 24.3 Å². The molecule has 25 heavy (non-hydrogen) atoms. The maximum absolute atomic E-state index is 12.1. The SMILES string of the molecule is O=C(NN=Cc1cc([N+](=O)[O-])ccc1O)[C@H]1COc2ccccc2O1. The van der Waals surface area contributed by atoms with Crippen LogP contribution in [0.25, 0.3) is 0 Å². The summed E-state index contributed by atoms with van der Waals surface area (Å²) in [5, 5.41) is 24.1. The molecule has 2 aromatic rings. The number of nitrogens with zero attached hydrogens (tertiary/aromatic N) is 2. The van der Waals surface area contributed by atoms with Gasteiger partial charge in [-0.25, -0.2) is 5.43 Å². The van der Waals surface area contributed by atoms with Crippen molar-refractivity contribution in [2.45, 2.75) is 6.10 Å². The average molecular weight is 343 g/mol. The number of carbonyl (C=O) groups excluding carboxylic acids is 1. The number of aromatic hydroxyl groups is 1. The number of rotatable bonds is 4. The first-order valence-electron chi connectivity index (χ1n) is 7.23. The third-order valence-electron chi connectivity index (χ3n) is 3.40. The number of phenols is 1. The molecule has 0 spiro atoms. The van der Waals surface area contributed by atoms with E-state index in [0.29, 0.717) is 11.5 Å². The van der Waals surface area contributed by atoms with Gasteiger partial charge in [0.2, 0.25) is 6.10 Å². The molecule has 1 amide bonds. The predicted octanol–water partition coefficient (Wildman–Crippen LogP) is 1.59. The first-order valence-corrected chi connectivity index (χ1v) is 7.23. The van der Waals surface area contributed by atoms with Crippen molar-refractivity contribution in [1.82, 2.24) is 5.43 Å². The second-order valence-electron chi connectivity index (χ2n) is 5.10. The van der Waals surface area contributed by atoms with Gasteiger partial charge in [0.1, 0.15) is 12.4 Å². The van der Waals surface area contributed by atoms with Gasteiger partial charge in [0, 0.05) is 17.7 Å². The molecule has 2 aromatic carbocycles. The average Bonchev–Trinajstić information content (AvgIpc) is 2.62. The molecule has 1 aliphatic rings. The molecule has 128 valence electrons. The van der Waals surface area contributed by atoms with E-state index in [1.165, 1.54) is 6.07 Å². The van der Waals surface area contributed by atoms with Crippen LogP contribution in [0, 0.1) is 10.1 Å². The van der Waals surface area contributed by atoms with Crippen LogP contribution in [-0.2, 0) is 4.79 Å². The first kappa shape index (κ1) is 16.2. The van der Waals surface area contributed by atoms with Crippen LogP contribution in [0.15, 0.2) is 47.6 Å². The molecule has 9 heteroatoms. The largest absolute Gasteiger partial charge is 0.507 e. The molecule has 1 aliphatic heterocycles. The molecule has 0 aromatic heterocycles. The molecule has 0 fully saturated rings. The number of hydrogen-bond acceptors (Lipinski definition) is 7. The summed E-state index contributed by atoms with van der Waals surface area (Å²) in [5.74, 6) is 0.260. The number of hydrazone groups is 1. The van der Waals surface area contributed by atoms with Crippen molar-refractivity contribution in [3.05, 3.63) is 58.1 Å². The number of carbonyl (C=O) groups is 1. The molecule has 0 aliphatic carbocycles. The number of amides is 1. The van der Waals surface area contributed by atoms with Gasteiger partial charge in [-0.3, -0.25) is 14.9 Å². The summed E-state index contributed by atoms with van der Waals surface area (Å²) >= 11 is 0. The number of nitrogens with one attached hydrogen (secondary N) is 1. The Morgan fingerprint density at radius 1 is 1.32 bits per heavy atom. The van der Waals surface area contributed by atoms with Gasteiger partial charge in [-0.2, -0.15) is 5.10 Å². The predicted molar refractivity (Wildman–Crippen MR) is 86.9 cm³/mol. The molecule has 0 saturated carbocycles. The summed E-state index contributed by atoms with van der Waals surface area (Å²) in [6, 6.07) is 10.4. The van der Waals surface area contributed by atoms with Crippen molar-refractivity contribution in [1.29, 1.82) is 0 Å². The third-order valence-corrected chi connectivity index (χ3v) is 3.40. The van der Waals surface area contributed by atoms with Crippen molar-refractivity contribution in [3.63, 3.8) is 0 Å². The van der Waals surface area contributed by atoms with Crippen LogP contribution >= 0.6 is 0 Å². The summed E-state index contributed by atoms with van der Waals surface area (Å²) in [4.78, 5) is 22.2. The molecular weight excluding hydrogens is 330 g/mol. The van der Waals surface area contributed by atoms with Gasteiger partial charge in [0.15, 0.2) is 11.5 Å². The van der Waals surface area contributed by atoms with Crippen molar-refractivity contribution >= 4 is 17.8 Å². The van der Waals surface area contributed by atoms with Crippen molar-refractivity contribution in [3.8, 4) is 17.2 Å². The Labute approximate surface area is 141 Å². The van der Waals surface area contributed by atoms with E-state index in [-0.39, 0.29) is 23.6 Å². The normalized spacial score (nSPS) is 15.8. The number of phenolic OH excluding ortho intramolecular Hbond substituents is 1. The maximum Gasteiger partial charge on any atom is 0.284 e. The van der Waals surface area contributed by atoms with Gasteiger partial charge < -0.3 is 14.6 Å². The number of hydrogen-bond donors (Lipinski definition) is 2. The summed E-state index contributed by atoms with van der Waals surface area (Å²) in [6.45, 7) is 0.0282. The highest BCUT2D eigenvalue weighted by molar-refractivity contribution is 5.87. The number of nitro benzene ring substituents is 1. The van der Waals surface area contributed by atoms with E-state index < -0.39 is 16.9 Å². The zero-order valence-electron chi connectivity index (χ0n) is 12.8. The Bertz CT molecular complexity index is 852. The molecule has 1 heterocycles. The van der Waals surface area contributed by atoms with Gasteiger partial charge in [-0.1, -0.05) is 12.1 Å². The smallest absolute Gasteiger partial charge is 0.284 e. The molecule has 0 unspecified atom stereocenters. The quantitative estimate of drug-likeness (QED) is 0.494. The van der Waals surface area contributed by atoms with Gasteiger partial charge in [0.25, 0.3) is 11.6 Å². The first-order chi connectivity index (χ1) is 12.0. The highest BCUT2D eigenvalue weighted by atomic mass is 16.6. The minimum Gasteiger partial charge on any atom is -0.507 e. The fraction of sp³-hybridized carbons (Fsp3) is 0.125. The van der Waals surface area contributed by atoms with Gasteiger partial charge in [-0.05, 0) is 18.2 Å². The van der Waals surface area contributed by atoms with Crippen LogP contribution < -0.4 is 14.9 Å². The standard InChI is InChI=1S/C16H13N3O6/c20-12-6-5-11(19(22)23)7-10(12)8-17-18-16(21)15-9-24-13-3-1-2-4-14(13)25-15/h1-8,15,20H,9H2,(H,18,21)/t15-/m1/s1. The Morgan fingerprint density at radius 3 is 2.84 bits per heavy atom. The van der Waals surface area contributed by atoms with Gasteiger partial charge in [0.05, 0.1) is 11.1 Å². The number of para-hydroxylation sites is 2. The van der Waals surface area contributed by atoms with Crippen molar-refractivity contribution in [2.75, 3.05) is 6.61 Å². The lowest BCUT2D eigenvalue weighted by Gasteiger charge is -2.24. The van der Waals surface area contributed by atoms with Crippen LogP contribution in [0.2, 0.25) is 0 Å². The molecule has 0 bridgehead atoms. The zero-order valence-corrected chi connectivity index (χ0v) is 12.8. The summed E-state index contributed by atoms with van der Waals surface area (Å²) in [5.41, 5.74) is 2.15. The third kappa shape index (κ3) is 3.66. The van der Waals surface area contributed by atoms with Crippen LogP contribution in [0.5, 0.6) is 17.2 Å². The Hall–Kier alpha value is -3.62. The number of non-ortho nitro benzene ring substituents is 1. The Kier molecular flexibility index (Phi) is 4.46. The van der Waals surface area contributed by atoms with E-state index in [1.807, 2.05) is 0 Å². The van der Waals surface area contributed by atoms with Crippen LogP contribution in [0.4, 0.5) is 5.69 Å². The molecule has 2 N–H and O–H groups in total. The van der Waals surface area contributed by atoms with E-state index in [2.05, 4.69) is 10.5 Å². The lowest BCUT2D eigenvalue weighted by Crippen LogP contribution is -2.42. The topological polar surface area (TPSA) is 123 Å². The maximum atomic E-state index is 12.1. The monoisotopic (exact) mass is 343 g/mol. The zero-order chi connectivity index (χ0) is 17.8. The second-order valence-corrected chi connectivity index (χ2v) is 5.10. The van der Waals surface area contributed by atoms with Crippen molar-refractivity contribution < 1.29 is 24.3 Å². The van der Waals surface area contributed by atoms with E-state index in [4.69, 9.17) is 9.47 Å². The van der Waals surface area contributed by atoms with Crippen LogP contribution in [0.3, 0.4) is 0 Å². The number of fused-ring (bicyclic) bond motifs is 1. The van der Waals surface area contributed by atoms with E-state index in [9.17, 15) is 20.0 Å². The van der Waals surface area contributed by atoms with Crippen molar-refractivity contribution in [2.24, 2.45) is 5.10 Å². The van der Waals surface area contributed by atoms with E-state index >= 15 is 0 Å². The Balaban J connectivity index is 1.64. The minimum absolute atomic E-state index is 0.0282. The van der Waals surface area contributed by atoms with E-state index in [0.717, 1.165) is 18.3 Å². The highest BCUT2D eigenvalue weighted by Gasteiger charge is 2.27. The highest BCUT2D eigenvalue weighted by Crippen LogP contribution is 2.30. The molecule has 0 saturated heterocycles. The molecule has 1 atom stereocenters. The molecule has 0 radical (unpaired) electrons. The number of ether oxygens (including phenoxy) is 2. The second kappa shape index (κ2) is 6.87. The van der Waals surface area contributed by atoms with Crippen LogP contribution in [0.1, 0.15) is 5.56 Å².